The van der Waals surface area contributed by atoms with Crippen molar-refractivity contribution in [3.63, 3.8) is 0 Å². The summed E-state index contributed by atoms with van der Waals surface area (Å²) in [5, 5.41) is 7.22. The van der Waals surface area contributed by atoms with E-state index in [9.17, 15) is 4.79 Å². The molecule has 5 rings (SSSR count). The first kappa shape index (κ1) is 24.2. The number of fused-ring (bicyclic) bond motifs is 1. The molecular formula is C28H33N7O. The molecule has 3 heterocycles. The number of nitrogens with one attached hydrogen (secondary N) is 2. The lowest BCUT2D eigenvalue weighted by atomic mass is 10.0. The van der Waals surface area contributed by atoms with Gasteiger partial charge in [0.05, 0.1) is 12.1 Å². The highest BCUT2D eigenvalue weighted by atomic mass is 16.2. The van der Waals surface area contributed by atoms with Crippen molar-refractivity contribution >= 4 is 34.0 Å². The zero-order valence-electron chi connectivity index (χ0n) is 20.8. The summed E-state index contributed by atoms with van der Waals surface area (Å²) in [6, 6.07) is 14.0. The Morgan fingerprint density at radius 3 is 2.61 bits per heavy atom. The van der Waals surface area contributed by atoms with Gasteiger partial charge in [0.1, 0.15) is 12.1 Å². The van der Waals surface area contributed by atoms with E-state index in [1.54, 1.807) is 0 Å². The molecule has 2 aliphatic heterocycles. The Morgan fingerprint density at radius 1 is 1.03 bits per heavy atom. The summed E-state index contributed by atoms with van der Waals surface area (Å²) in [7, 11) is 2.19. The van der Waals surface area contributed by atoms with Crippen molar-refractivity contribution in [2.75, 3.05) is 63.5 Å². The third-order valence-electron chi connectivity index (χ3n) is 7.19. The van der Waals surface area contributed by atoms with Crippen molar-refractivity contribution in [2.24, 2.45) is 0 Å². The highest BCUT2D eigenvalue weighted by Crippen LogP contribution is 2.26. The SMILES string of the molecule is C#Cc1cccc(Nc2ncnc3ccc(NC(=O)CN4CCC(N5CCN(C)CC5)CC4)cc23)c1. The average Bonchev–Trinajstić information content (AvgIpc) is 2.90. The molecule has 1 amide bonds. The fourth-order valence-corrected chi connectivity index (χ4v) is 5.09. The van der Waals surface area contributed by atoms with Crippen molar-refractivity contribution in [2.45, 2.75) is 18.9 Å². The molecule has 2 fully saturated rings. The predicted octanol–water partition coefficient (Wildman–Crippen LogP) is 3.01. The summed E-state index contributed by atoms with van der Waals surface area (Å²) in [5.41, 5.74) is 3.17. The number of piperidine rings is 1. The minimum absolute atomic E-state index is 0.000442. The predicted molar refractivity (Wildman–Crippen MR) is 144 cm³/mol. The highest BCUT2D eigenvalue weighted by molar-refractivity contribution is 5.97. The molecule has 0 saturated carbocycles. The van der Waals surface area contributed by atoms with Crippen molar-refractivity contribution in [3.05, 3.63) is 54.4 Å². The van der Waals surface area contributed by atoms with E-state index in [1.165, 1.54) is 6.33 Å². The Kier molecular flexibility index (Phi) is 7.42. The van der Waals surface area contributed by atoms with Gasteiger partial charge in [-0.15, -0.1) is 6.42 Å². The second-order valence-corrected chi connectivity index (χ2v) is 9.70. The summed E-state index contributed by atoms with van der Waals surface area (Å²) in [4.78, 5) is 28.9. The first-order valence-corrected chi connectivity index (χ1v) is 12.6. The number of amides is 1. The molecule has 2 N–H and O–H groups in total. The first-order chi connectivity index (χ1) is 17.6. The van der Waals surface area contributed by atoms with Gasteiger partial charge in [0.2, 0.25) is 5.91 Å². The van der Waals surface area contributed by atoms with Crippen molar-refractivity contribution in [3.8, 4) is 12.3 Å². The summed E-state index contributed by atoms with van der Waals surface area (Å²) >= 11 is 0. The number of hydrogen-bond acceptors (Lipinski definition) is 7. The van der Waals surface area contributed by atoms with Gasteiger partial charge in [-0.2, -0.15) is 0 Å². The maximum absolute atomic E-state index is 12.8. The van der Waals surface area contributed by atoms with E-state index >= 15 is 0 Å². The lowest BCUT2D eigenvalue weighted by Crippen LogP contribution is -2.52. The molecule has 0 radical (unpaired) electrons. The highest BCUT2D eigenvalue weighted by Gasteiger charge is 2.27. The molecule has 2 saturated heterocycles. The molecule has 0 aliphatic carbocycles. The minimum Gasteiger partial charge on any atom is -0.340 e. The summed E-state index contributed by atoms with van der Waals surface area (Å²) in [6.07, 6.45) is 9.31. The van der Waals surface area contributed by atoms with Crippen LogP contribution in [0.4, 0.5) is 17.2 Å². The van der Waals surface area contributed by atoms with Crippen molar-refractivity contribution in [1.82, 2.24) is 24.7 Å². The number of anilines is 3. The van der Waals surface area contributed by atoms with Gasteiger partial charge in [-0.3, -0.25) is 14.6 Å². The normalized spacial score (nSPS) is 18.1. The number of carbonyl (C=O) groups excluding carboxylic acids is 1. The molecule has 3 aromatic rings. The van der Waals surface area contributed by atoms with Crippen LogP contribution in [-0.2, 0) is 4.79 Å². The zero-order chi connectivity index (χ0) is 24.9. The van der Waals surface area contributed by atoms with Gasteiger partial charge in [-0.05, 0) is 56.3 Å². The van der Waals surface area contributed by atoms with Crippen molar-refractivity contribution in [1.29, 1.82) is 0 Å². The van der Waals surface area contributed by atoms with Crippen LogP contribution in [0.2, 0.25) is 0 Å². The molecule has 8 heteroatoms. The molecule has 0 bridgehead atoms. The van der Waals surface area contributed by atoms with Gasteiger partial charge in [-0.25, -0.2) is 9.97 Å². The van der Waals surface area contributed by atoms with E-state index in [-0.39, 0.29) is 5.91 Å². The van der Waals surface area contributed by atoms with Crippen LogP contribution in [0.5, 0.6) is 0 Å². The fraction of sp³-hybridized carbons (Fsp3) is 0.393. The zero-order valence-corrected chi connectivity index (χ0v) is 20.8. The van der Waals surface area contributed by atoms with E-state index in [4.69, 9.17) is 6.42 Å². The standard InChI is InChI=1S/C28H33N7O/c1-3-21-5-4-6-22(17-21)32-28-25-18-23(7-8-26(25)29-20-30-28)31-27(36)19-34-11-9-24(10-12-34)35-15-13-33(2)14-16-35/h1,4-8,17-18,20,24H,9-16,19H2,2H3,(H,31,36)(H,29,30,32). The second kappa shape index (κ2) is 11.0. The van der Waals surface area contributed by atoms with Gasteiger partial charge in [0, 0.05) is 67.6 Å². The van der Waals surface area contributed by atoms with Crippen LogP contribution >= 0.6 is 0 Å². The lowest BCUT2D eigenvalue weighted by Gasteiger charge is -2.41. The first-order valence-electron chi connectivity index (χ1n) is 12.6. The minimum atomic E-state index is 0.000442. The van der Waals surface area contributed by atoms with Crippen LogP contribution < -0.4 is 10.6 Å². The van der Waals surface area contributed by atoms with E-state index in [1.807, 2.05) is 42.5 Å². The number of rotatable bonds is 6. The molecule has 2 aliphatic rings. The van der Waals surface area contributed by atoms with Crippen LogP contribution in [0.3, 0.4) is 0 Å². The number of nitrogens with zero attached hydrogens (tertiary/aromatic N) is 5. The molecule has 0 atom stereocenters. The number of aromatic nitrogens is 2. The van der Waals surface area contributed by atoms with Crippen LogP contribution in [0, 0.1) is 12.3 Å². The number of benzene rings is 2. The van der Waals surface area contributed by atoms with Gasteiger partial charge in [0.25, 0.3) is 0 Å². The molecule has 0 spiro atoms. The monoisotopic (exact) mass is 483 g/mol. The smallest absolute Gasteiger partial charge is 0.238 e. The van der Waals surface area contributed by atoms with Gasteiger partial charge < -0.3 is 15.5 Å². The Bertz CT molecular complexity index is 1250. The third-order valence-corrected chi connectivity index (χ3v) is 7.19. The van der Waals surface area contributed by atoms with Gasteiger partial charge in [-0.1, -0.05) is 12.0 Å². The Morgan fingerprint density at radius 2 is 1.83 bits per heavy atom. The number of terminal acetylenes is 1. The molecule has 186 valence electrons. The number of likely N-dealkylation sites (N-methyl/N-ethyl adjacent to an activating group) is 1. The van der Waals surface area contributed by atoms with Crippen LogP contribution in [-0.4, -0.2) is 89.5 Å². The number of hydrogen-bond donors (Lipinski definition) is 2. The lowest BCUT2D eigenvalue weighted by molar-refractivity contribution is -0.117. The summed E-state index contributed by atoms with van der Waals surface area (Å²) in [6.45, 7) is 6.92. The molecule has 1 aromatic heterocycles. The second-order valence-electron chi connectivity index (χ2n) is 9.70. The average molecular weight is 484 g/mol. The Labute approximate surface area is 212 Å². The van der Waals surface area contributed by atoms with Gasteiger partial charge in [0.15, 0.2) is 0 Å². The molecule has 36 heavy (non-hydrogen) atoms. The van der Waals surface area contributed by atoms with E-state index in [0.717, 1.165) is 80.0 Å². The number of likely N-dealkylation sites (tertiary alicyclic amines) is 1. The van der Waals surface area contributed by atoms with E-state index in [2.05, 4.69) is 48.3 Å². The number of carbonyl (C=O) groups is 1. The third kappa shape index (κ3) is 5.82. The molecule has 0 unspecified atom stereocenters. The van der Waals surface area contributed by atoms with Crippen LogP contribution in [0.25, 0.3) is 10.9 Å². The maximum Gasteiger partial charge on any atom is 0.238 e. The van der Waals surface area contributed by atoms with Crippen LogP contribution in [0.1, 0.15) is 18.4 Å². The quantitative estimate of drug-likeness (QED) is 0.522. The molecular weight excluding hydrogens is 450 g/mol. The van der Waals surface area contributed by atoms with Gasteiger partial charge >= 0.3 is 0 Å². The largest absolute Gasteiger partial charge is 0.340 e. The Hall–Kier alpha value is -3.51. The van der Waals surface area contributed by atoms with Crippen LogP contribution in [0.15, 0.2) is 48.8 Å². The summed E-state index contributed by atoms with van der Waals surface area (Å²) in [5.74, 6) is 3.31. The number of piperazine rings is 1. The summed E-state index contributed by atoms with van der Waals surface area (Å²) < 4.78 is 0. The molecule has 2 aromatic carbocycles. The maximum atomic E-state index is 12.8. The topological polar surface area (TPSA) is 76.6 Å². The Balaban J connectivity index is 1.19. The van der Waals surface area contributed by atoms with E-state index in [0.29, 0.717) is 18.4 Å². The fourth-order valence-electron chi connectivity index (χ4n) is 5.09. The van der Waals surface area contributed by atoms with E-state index < -0.39 is 0 Å². The molecule has 8 nitrogen and oxygen atoms in total. The van der Waals surface area contributed by atoms with Crippen molar-refractivity contribution < 1.29 is 4.79 Å².